The number of para-hydroxylation sites is 1. The van der Waals surface area contributed by atoms with Gasteiger partial charge in [-0.15, -0.1) is 0 Å². The number of nitrogens with zero attached hydrogens (tertiary/aromatic N) is 1. The molecule has 1 heterocycles. The van der Waals surface area contributed by atoms with Crippen molar-refractivity contribution >= 4 is 12.0 Å². The predicted octanol–water partition coefficient (Wildman–Crippen LogP) is 1.48. The topological polar surface area (TPSA) is 29.5 Å². The van der Waals surface area contributed by atoms with E-state index in [1.54, 1.807) is 12.2 Å². The van der Waals surface area contributed by atoms with Gasteiger partial charge in [-0.25, -0.2) is 5.06 Å². The van der Waals surface area contributed by atoms with E-state index in [4.69, 9.17) is 4.84 Å². The van der Waals surface area contributed by atoms with Crippen molar-refractivity contribution in [1.29, 1.82) is 0 Å². The van der Waals surface area contributed by atoms with Gasteiger partial charge in [-0.05, 0) is 24.5 Å². The van der Waals surface area contributed by atoms with Crippen LogP contribution >= 0.6 is 0 Å². The third kappa shape index (κ3) is 1.40. The molecule has 0 fully saturated rings. The van der Waals surface area contributed by atoms with Gasteiger partial charge in [0.25, 0.3) is 0 Å². The van der Waals surface area contributed by atoms with Crippen LogP contribution < -0.4 is 5.06 Å². The quantitative estimate of drug-likeness (QED) is 0.707. The highest BCUT2D eigenvalue weighted by molar-refractivity contribution is 5.68. The summed E-state index contributed by atoms with van der Waals surface area (Å²) >= 11 is 0. The zero-order valence-electron chi connectivity index (χ0n) is 8.06. The van der Waals surface area contributed by atoms with E-state index < -0.39 is 0 Å². The molecule has 0 spiro atoms. The Kier molecular flexibility index (Phi) is 2.50. The molecule has 0 saturated heterocycles. The van der Waals surface area contributed by atoms with Gasteiger partial charge in [0.1, 0.15) is 6.04 Å². The first-order valence-electron chi connectivity index (χ1n) is 4.65. The summed E-state index contributed by atoms with van der Waals surface area (Å²) in [5, 5.41) is 1.63. The summed E-state index contributed by atoms with van der Waals surface area (Å²) in [4.78, 5) is 15.9. The van der Waals surface area contributed by atoms with Crippen LogP contribution in [0.25, 0.3) is 0 Å². The minimum Gasteiger partial charge on any atom is -0.288 e. The molecular weight excluding hydrogens is 178 g/mol. The second-order valence-electron chi connectivity index (χ2n) is 3.31. The number of hydroxylamine groups is 1. The summed E-state index contributed by atoms with van der Waals surface area (Å²) in [5.41, 5.74) is 2.20. The second-order valence-corrected chi connectivity index (χ2v) is 3.31. The summed E-state index contributed by atoms with van der Waals surface area (Å²) in [7, 11) is 1.58. The first-order chi connectivity index (χ1) is 6.86. The summed E-state index contributed by atoms with van der Waals surface area (Å²) in [6, 6.07) is 7.69. The molecular formula is C11H12NO2. The maximum Gasteiger partial charge on any atom is 0.225 e. The van der Waals surface area contributed by atoms with Crippen LogP contribution in [0.1, 0.15) is 12.0 Å². The van der Waals surface area contributed by atoms with E-state index in [1.807, 2.05) is 24.5 Å². The highest BCUT2D eigenvalue weighted by Gasteiger charge is 2.26. The normalized spacial score (nSPS) is 20.4. The predicted molar refractivity (Wildman–Crippen MR) is 53.7 cm³/mol. The Morgan fingerprint density at radius 1 is 1.50 bits per heavy atom. The molecule has 3 nitrogen and oxygen atoms in total. The smallest absolute Gasteiger partial charge is 0.225 e. The van der Waals surface area contributed by atoms with Crippen LogP contribution in [-0.4, -0.2) is 19.4 Å². The average Bonchev–Trinajstić information content (AvgIpc) is 2.27. The van der Waals surface area contributed by atoms with Crippen LogP contribution in [-0.2, 0) is 16.1 Å². The first kappa shape index (κ1) is 9.21. The fourth-order valence-electron chi connectivity index (χ4n) is 1.85. The van der Waals surface area contributed by atoms with E-state index in [0.717, 1.165) is 18.5 Å². The van der Waals surface area contributed by atoms with Crippen LogP contribution in [0.4, 0.5) is 5.69 Å². The van der Waals surface area contributed by atoms with E-state index in [1.165, 1.54) is 5.56 Å². The molecule has 73 valence electrons. The van der Waals surface area contributed by atoms with Gasteiger partial charge >= 0.3 is 0 Å². The van der Waals surface area contributed by atoms with Crippen molar-refractivity contribution < 1.29 is 9.63 Å². The average molecular weight is 190 g/mol. The standard InChI is InChI=1S/C11H12NO2/c1-14-12-10(8-13)7-6-9-4-2-3-5-11(9)12/h2-5,10H,6-7H2,1H3. The van der Waals surface area contributed by atoms with Gasteiger partial charge in [0.2, 0.25) is 6.29 Å². The van der Waals surface area contributed by atoms with Gasteiger partial charge in [-0.3, -0.25) is 9.63 Å². The van der Waals surface area contributed by atoms with Gasteiger partial charge in [-0.2, -0.15) is 0 Å². The van der Waals surface area contributed by atoms with Crippen LogP contribution in [0, 0.1) is 0 Å². The van der Waals surface area contributed by atoms with Crippen LogP contribution in [0.2, 0.25) is 0 Å². The van der Waals surface area contributed by atoms with Crippen molar-refractivity contribution in [2.45, 2.75) is 18.9 Å². The van der Waals surface area contributed by atoms with E-state index in [-0.39, 0.29) is 6.04 Å². The van der Waals surface area contributed by atoms with Gasteiger partial charge in [0.05, 0.1) is 12.8 Å². The number of aryl methyl sites for hydroxylation is 1. The van der Waals surface area contributed by atoms with E-state index in [0.29, 0.717) is 0 Å². The lowest BCUT2D eigenvalue weighted by atomic mass is 9.98. The summed E-state index contributed by atoms with van der Waals surface area (Å²) in [6.45, 7) is 0. The maximum absolute atomic E-state index is 10.7. The molecule has 14 heavy (non-hydrogen) atoms. The van der Waals surface area contributed by atoms with Crippen molar-refractivity contribution in [3.05, 3.63) is 29.8 Å². The molecule has 1 aromatic carbocycles. The molecule has 3 heteroatoms. The number of benzene rings is 1. The first-order valence-corrected chi connectivity index (χ1v) is 4.65. The molecule has 1 aliphatic heterocycles. The molecule has 1 radical (unpaired) electrons. The highest BCUT2D eigenvalue weighted by Crippen LogP contribution is 2.29. The third-order valence-corrected chi connectivity index (χ3v) is 2.53. The fourth-order valence-corrected chi connectivity index (χ4v) is 1.85. The zero-order chi connectivity index (χ0) is 9.97. The second kappa shape index (κ2) is 3.80. The van der Waals surface area contributed by atoms with Crippen molar-refractivity contribution in [3.63, 3.8) is 0 Å². The number of hydrogen-bond acceptors (Lipinski definition) is 3. The van der Waals surface area contributed by atoms with Gasteiger partial charge in [0.15, 0.2) is 0 Å². The monoisotopic (exact) mass is 190 g/mol. The molecule has 0 saturated carbocycles. The Balaban J connectivity index is 2.39. The van der Waals surface area contributed by atoms with E-state index in [2.05, 4.69) is 6.07 Å². The van der Waals surface area contributed by atoms with E-state index in [9.17, 15) is 4.79 Å². The van der Waals surface area contributed by atoms with Gasteiger partial charge in [0, 0.05) is 0 Å². The van der Waals surface area contributed by atoms with Crippen molar-refractivity contribution in [1.82, 2.24) is 0 Å². The molecule has 1 aromatic rings. The van der Waals surface area contributed by atoms with Crippen molar-refractivity contribution in [2.24, 2.45) is 0 Å². The number of carbonyl (C=O) groups excluding carboxylic acids is 1. The number of rotatable bonds is 2. The van der Waals surface area contributed by atoms with Gasteiger partial charge < -0.3 is 0 Å². The minimum absolute atomic E-state index is 0.269. The molecule has 1 atom stereocenters. The number of hydrogen-bond donors (Lipinski definition) is 0. The Morgan fingerprint density at radius 3 is 3.00 bits per heavy atom. The summed E-state index contributed by atoms with van der Waals surface area (Å²) < 4.78 is 0. The SMILES string of the molecule is CON1c2ccccc2CCC1[C]=O. The molecule has 2 rings (SSSR count). The fraction of sp³-hybridized carbons (Fsp3) is 0.364. The largest absolute Gasteiger partial charge is 0.288 e. The molecule has 0 bridgehead atoms. The number of fused-ring (bicyclic) bond motifs is 1. The van der Waals surface area contributed by atoms with Crippen molar-refractivity contribution in [3.8, 4) is 0 Å². The molecule has 0 amide bonds. The molecule has 1 aliphatic rings. The molecule has 0 aromatic heterocycles. The Bertz CT molecular complexity index is 338. The van der Waals surface area contributed by atoms with Gasteiger partial charge in [-0.1, -0.05) is 18.2 Å². The highest BCUT2D eigenvalue weighted by atomic mass is 16.7. The lowest BCUT2D eigenvalue weighted by molar-refractivity contribution is 0.147. The van der Waals surface area contributed by atoms with Crippen molar-refractivity contribution in [2.75, 3.05) is 12.2 Å². The number of anilines is 1. The lowest BCUT2D eigenvalue weighted by Gasteiger charge is -2.32. The molecule has 1 unspecified atom stereocenters. The van der Waals surface area contributed by atoms with E-state index >= 15 is 0 Å². The van der Waals surface area contributed by atoms with Crippen LogP contribution in [0.3, 0.4) is 0 Å². The lowest BCUT2D eigenvalue weighted by Crippen LogP contribution is -2.39. The Labute approximate surface area is 83.2 Å². The zero-order valence-corrected chi connectivity index (χ0v) is 8.06. The third-order valence-electron chi connectivity index (χ3n) is 2.53. The maximum atomic E-state index is 10.7. The molecule has 0 aliphatic carbocycles. The summed E-state index contributed by atoms with van der Waals surface area (Å²) in [5.74, 6) is 0. The Hall–Kier alpha value is -1.35. The minimum atomic E-state index is -0.269. The van der Waals surface area contributed by atoms with Crippen LogP contribution in [0.5, 0.6) is 0 Å². The Morgan fingerprint density at radius 2 is 2.29 bits per heavy atom. The summed E-state index contributed by atoms with van der Waals surface area (Å²) in [6.07, 6.45) is 3.68. The molecule has 0 N–H and O–H groups in total. The van der Waals surface area contributed by atoms with Crippen LogP contribution in [0.15, 0.2) is 24.3 Å².